The van der Waals surface area contributed by atoms with Crippen LogP contribution in [0.2, 0.25) is 0 Å². The summed E-state index contributed by atoms with van der Waals surface area (Å²) in [7, 11) is 1.65. The van der Waals surface area contributed by atoms with Gasteiger partial charge < -0.3 is 15.8 Å². The Bertz CT molecular complexity index is 1770. The Labute approximate surface area is 272 Å². The number of pyridine rings is 1. The summed E-state index contributed by atoms with van der Waals surface area (Å²) in [5, 5.41) is 10.5. The summed E-state index contributed by atoms with van der Waals surface area (Å²) in [6.07, 6.45) is 6.83. The maximum Gasteiger partial charge on any atom is 0.307 e. The molecule has 0 radical (unpaired) electrons. The molecule has 4 N–H and O–H groups in total. The Balaban J connectivity index is 1.59. The number of thioether (sulfide) groups is 1. The fourth-order valence-corrected chi connectivity index (χ4v) is 8.11. The lowest BCUT2D eigenvalue weighted by Crippen LogP contribution is -2.40. The SMILES string of the molecule is CN=C1N=C(N)[C@@](C)(c2cccc(CC(=O)O)c2)CCCC(C)(C)CSCCc2c(c(F)cc3[nH]ccc23)Sc2ccnc1c2. The Morgan fingerprint density at radius 1 is 1.16 bits per heavy atom. The number of hydrogen-bond acceptors (Lipinski definition) is 6. The number of rotatable bonds is 3. The van der Waals surface area contributed by atoms with E-state index in [4.69, 9.17) is 10.7 Å². The van der Waals surface area contributed by atoms with Crippen LogP contribution in [0.4, 0.5) is 4.39 Å². The van der Waals surface area contributed by atoms with Gasteiger partial charge in [0.15, 0.2) is 5.84 Å². The van der Waals surface area contributed by atoms with Crippen molar-refractivity contribution < 1.29 is 14.3 Å². The van der Waals surface area contributed by atoms with Crippen LogP contribution < -0.4 is 5.73 Å². The molecule has 4 aromatic rings. The molecule has 0 spiro atoms. The number of nitrogens with two attached hydrogens (primary N) is 1. The minimum Gasteiger partial charge on any atom is -0.481 e. The van der Waals surface area contributed by atoms with Gasteiger partial charge in [-0.3, -0.25) is 14.8 Å². The molecule has 0 aliphatic carbocycles. The summed E-state index contributed by atoms with van der Waals surface area (Å²) >= 11 is 3.29. The summed E-state index contributed by atoms with van der Waals surface area (Å²) in [6, 6.07) is 15.0. The number of hydrogen-bond donors (Lipinski definition) is 3. The minimum absolute atomic E-state index is 0.0639. The molecule has 1 aliphatic heterocycles. The zero-order valence-electron chi connectivity index (χ0n) is 26.2. The van der Waals surface area contributed by atoms with Gasteiger partial charge in [0.05, 0.1) is 11.3 Å². The highest BCUT2D eigenvalue weighted by molar-refractivity contribution is 7.99. The van der Waals surface area contributed by atoms with Gasteiger partial charge in [0.1, 0.15) is 17.3 Å². The predicted octanol–water partition coefficient (Wildman–Crippen LogP) is 7.66. The highest BCUT2D eigenvalue weighted by Gasteiger charge is 2.33. The number of H-pyrrole nitrogens is 1. The molecule has 0 saturated heterocycles. The number of carbonyl (C=O) groups is 1. The van der Waals surface area contributed by atoms with E-state index in [1.165, 1.54) is 11.8 Å². The van der Waals surface area contributed by atoms with Crippen LogP contribution in [0.1, 0.15) is 62.4 Å². The summed E-state index contributed by atoms with van der Waals surface area (Å²) in [5.74, 6) is 1.47. The molecule has 0 fully saturated rings. The van der Waals surface area contributed by atoms with Crippen LogP contribution in [-0.4, -0.2) is 51.3 Å². The highest BCUT2D eigenvalue weighted by Crippen LogP contribution is 2.39. The van der Waals surface area contributed by atoms with Crippen molar-refractivity contribution in [2.45, 2.75) is 68.1 Å². The number of aromatic nitrogens is 2. The van der Waals surface area contributed by atoms with E-state index in [9.17, 15) is 9.90 Å². The van der Waals surface area contributed by atoms with Crippen molar-refractivity contribution in [3.63, 3.8) is 0 Å². The molecular weight excluding hydrogens is 606 g/mol. The Kier molecular flexibility index (Phi) is 10.0. The van der Waals surface area contributed by atoms with Gasteiger partial charge in [0, 0.05) is 40.7 Å². The normalized spacial score (nSPS) is 20.6. The van der Waals surface area contributed by atoms with Crippen LogP contribution in [0, 0.1) is 11.2 Å². The Hall–Kier alpha value is -3.63. The average Bonchev–Trinajstić information content (AvgIpc) is 3.46. The second kappa shape index (κ2) is 13.8. The molecule has 0 unspecified atom stereocenters. The number of fused-ring (bicyclic) bond motifs is 5. The van der Waals surface area contributed by atoms with Gasteiger partial charge >= 0.3 is 5.97 Å². The van der Waals surface area contributed by atoms with Gasteiger partial charge in [-0.25, -0.2) is 9.38 Å². The molecule has 7 nitrogen and oxygen atoms in total. The molecule has 3 heterocycles. The van der Waals surface area contributed by atoms with E-state index in [0.717, 1.165) is 64.1 Å². The number of benzene rings is 2. The number of carboxylic acid groups (broad SMARTS) is 1. The third kappa shape index (κ3) is 7.61. The maximum absolute atomic E-state index is 15.6. The Morgan fingerprint density at radius 3 is 2.76 bits per heavy atom. The van der Waals surface area contributed by atoms with Crippen LogP contribution >= 0.6 is 23.5 Å². The monoisotopic (exact) mass is 645 g/mol. The standard InChI is InChI=1S/C35H40FN5O2S2/c1-34(2)12-6-13-35(3,23-8-5-7-22(17-23)18-30(42)43)33(37)41-32(38-4)29-19-24(9-14-40-29)45-31-26(11-16-44-21-34)25-10-15-39-28(25)20-27(31)36/h5,7-10,14-15,17,19-20,39H,6,11-13,16,18,21H2,1-4H3,(H,42,43)(H2,37,38,41)/t35-/m1/s1. The molecule has 10 heteroatoms. The molecule has 0 saturated carbocycles. The molecule has 5 rings (SSSR count). The quantitative estimate of drug-likeness (QED) is 0.211. The number of carboxylic acids is 1. The molecule has 236 valence electrons. The lowest BCUT2D eigenvalue weighted by molar-refractivity contribution is -0.136. The number of aromatic amines is 1. The van der Waals surface area contributed by atoms with Crippen molar-refractivity contribution in [2.24, 2.45) is 21.1 Å². The van der Waals surface area contributed by atoms with Crippen molar-refractivity contribution in [2.75, 3.05) is 18.6 Å². The topological polar surface area (TPSA) is 117 Å². The first-order chi connectivity index (χ1) is 21.5. The number of nitrogens with zero attached hydrogens (tertiary/aromatic N) is 3. The van der Waals surface area contributed by atoms with Gasteiger partial charge in [-0.15, -0.1) is 0 Å². The van der Waals surface area contributed by atoms with E-state index in [1.54, 1.807) is 19.3 Å². The van der Waals surface area contributed by atoms with Crippen LogP contribution in [0.25, 0.3) is 10.9 Å². The number of amidine groups is 2. The average molecular weight is 646 g/mol. The number of aliphatic imine (C=N–C) groups is 2. The van der Waals surface area contributed by atoms with E-state index >= 15 is 4.39 Å². The first-order valence-corrected chi connectivity index (χ1v) is 17.1. The minimum atomic E-state index is -0.882. The van der Waals surface area contributed by atoms with Crippen molar-refractivity contribution in [3.8, 4) is 0 Å². The van der Waals surface area contributed by atoms with Crippen LogP contribution in [0.3, 0.4) is 0 Å². The molecule has 2 aromatic heterocycles. The van der Waals surface area contributed by atoms with E-state index in [-0.39, 0.29) is 17.7 Å². The first-order valence-electron chi connectivity index (χ1n) is 15.1. The molecule has 0 amide bonds. The van der Waals surface area contributed by atoms with E-state index in [2.05, 4.69) is 35.7 Å². The lowest BCUT2D eigenvalue weighted by atomic mass is 9.75. The smallest absolute Gasteiger partial charge is 0.307 e. The maximum atomic E-state index is 15.6. The second-order valence-electron chi connectivity index (χ2n) is 12.6. The van der Waals surface area contributed by atoms with Crippen LogP contribution in [0.5, 0.6) is 0 Å². The predicted molar refractivity (Wildman–Crippen MR) is 184 cm³/mol. The lowest BCUT2D eigenvalue weighted by Gasteiger charge is -2.32. The van der Waals surface area contributed by atoms with Gasteiger partial charge in [0.2, 0.25) is 0 Å². The Morgan fingerprint density at radius 2 is 1.98 bits per heavy atom. The van der Waals surface area contributed by atoms with Crippen LogP contribution in [-0.2, 0) is 23.1 Å². The second-order valence-corrected chi connectivity index (χ2v) is 14.7. The molecule has 45 heavy (non-hydrogen) atoms. The fourth-order valence-electron chi connectivity index (χ4n) is 5.89. The summed E-state index contributed by atoms with van der Waals surface area (Å²) in [4.78, 5) is 30.0. The number of nitrogens with one attached hydrogen (secondary N) is 1. The fraction of sp³-hybridized carbons (Fsp3) is 0.371. The van der Waals surface area contributed by atoms with Crippen molar-refractivity contribution in [3.05, 3.63) is 89.1 Å². The zero-order chi connectivity index (χ0) is 32.2. The summed E-state index contributed by atoms with van der Waals surface area (Å²) < 4.78 is 15.6. The number of halogens is 1. The molecule has 2 aromatic carbocycles. The van der Waals surface area contributed by atoms with Gasteiger partial charge in [-0.1, -0.05) is 56.3 Å². The van der Waals surface area contributed by atoms with E-state index in [1.807, 2.05) is 60.4 Å². The van der Waals surface area contributed by atoms with Crippen molar-refractivity contribution >= 4 is 52.1 Å². The van der Waals surface area contributed by atoms with Crippen LogP contribution in [0.15, 0.2) is 80.7 Å². The molecular formula is C35H40FN5O2S2. The van der Waals surface area contributed by atoms with Gasteiger partial charge in [-0.05, 0) is 84.1 Å². The largest absolute Gasteiger partial charge is 0.481 e. The van der Waals surface area contributed by atoms with Crippen molar-refractivity contribution in [1.29, 1.82) is 0 Å². The number of aryl methyl sites for hydroxylation is 1. The molecule has 2 bridgehead atoms. The summed E-state index contributed by atoms with van der Waals surface area (Å²) in [5.41, 5.74) is 10.2. The van der Waals surface area contributed by atoms with E-state index in [0.29, 0.717) is 27.8 Å². The van der Waals surface area contributed by atoms with Gasteiger partial charge in [-0.2, -0.15) is 11.8 Å². The first kappa shape index (κ1) is 32.8. The third-order valence-corrected chi connectivity index (χ3v) is 11.1. The third-order valence-electron chi connectivity index (χ3n) is 8.49. The molecule has 1 aliphatic rings. The molecule has 1 atom stereocenters. The summed E-state index contributed by atoms with van der Waals surface area (Å²) in [6.45, 7) is 6.64. The highest BCUT2D eigenvalue weighted by atomic mass is 32.2. The van der Waals surface area contributed by atoms with Crippen molar-refractivity contribution in [1.82, 2.24) is 9.97 Å². The van der Waals surface area contributed by atoms with Gasteiger partial charge in [0.25, 0.3) is 0 Å². The van der Waals surface area contributed by atoms with E-state index < -0.39 is 11.4 Å². The zero-order valence-corrected chi connectivity index (χ0v) is 27.8. The number of aliphatic carboxylic acids is 1.